The van der Waals surface area contributed by atoms with E-state index in [1.54, 1.807) is 12.5 Å². The predicted octanol–water partition coefficient (Wildman–Crippen LogP) is 1.64. The first-order valence-electron chi connectivity index (χ1n) is 9.85. The van der Waals surface area contributed by atoms with Crippen molar-refractivity contribution in [2.24, 2.45) is 0 Å². The summed E-state index contributed by atoms with van der Waals surface area (Å²) in [6, 6.07) is 16.7. The second kappa shape index (κ2) is 9.19. The smallest absolute Gasteiger partial charge is 0.181 e. The number of aromatic nitrogens is 6. The van der Waals surface area contributed by atoms with E-state index in [-0.39, 0.29) is 0 Å². The third-order valence-electron chi connectivity index (χ3n) is 4.76. The fourth-order valence-corrected chi connectivity index (χ4v) is 3.32. The summed E-state index contributed by atoms with van der Waals surface area (Å²) in [5.74, 6) is 5.78. The van der Waals surface area contributed by atoms with Gasteiger partial charge in [0.1, 0.15) is 6.33 Å². The van der Waals surface area contributed by atoms with Crippen molar-refractivity contribution in [3.05, 3.63) is 72.8 Å². The molecular formula is C21H25N9. The summed E-state index contributed by atoms with van der Waals surface area (Å²) in [5, 5.41) is 14.8. The summed E-state index contributed by atoms with van der Waals surface area (Å²) < 4.78 is 1.82. The highest BCUT2D eigenvalue weighted by molar-refractivity contribution is 5.65. The molecule has 9 nitrogen and oxygen atoms in total. The zero-order valence-corrected chi connectivity index (χ0v) is 16.9. The molecular weight excluding hydrogens is 378 g/mol. The van der Waals surface area contributed by atoms with Gasteiger partial charge in [0, 0.05) is 37.4 Å². The van der Waals surface area contributed by atoms with E-state index >= 15 is 0 Å². The molecule has 0 radical (unpaired) electrons. The van der Waals surface area contributed by atoms with E-state index in [2.05, 4.69) is 55.7 Å². The fourth-order valence-electron chi connectivity index (χ4n) is 3.32. The van der Waals surface area contributed by atoms with Crippen molar-refractivity contribution in [1.82, 2.24) is 35.2 Å². The Hall–Kier alpha value is -3.72. The monoisotopic (exact) mass is 403 g/mol. The van der Waals surface area contributed by atoms with E-state index in [9.17, 15) is 0 Å². The predicted molar refractivity (Wildman–Crippen MR) is 117 cm³/mol. The van der Waals surface area contributed by atoms with Crippen LogP contribution < -0.4 is 16.1 Å². The molecule has 1 fully saturated rings. The van der Waals surface area contributed by atoms with Gasteiger partial charge in [0.05, 0.1) is 18.1 Å². The van der Waals surface area contributed by atoms with Crippen molar-refractivity contribution in [3.8, 4) is 17.1 Å². The van der Waals surface area contributed by atoms with Crippen LogP contribution in [0.2, 0.25) is 0 Å². The van der Waals surface area contributed by atoms with Crippen molar-refractivity contribution < 1.29 is 0 Å². The number of aryl methyl sites for hydroxylation is 1. The Morgan fingerprint density at radius 2 is 1.80 bits per heavy atom. The normalized spacial score (nSPS) is 13.6. The number of nitrogens with one attached hydrogen (secondary N) is 1. The number of nitrogens with two attached hydrogens (primary N) is 1. The van der Waals surface area contributed by atoms with E-state index < -0.39 is 0 Å². The molecule has 3 N–H and O–H groups in total. The molecule has 3 heterocycles. The standard InChI is InChI=1S/C19H21N5.C2H4N4/c1-15-11-16(13-18(12-15)23-9-7-20-8-10-23)19-21-14-24(22-19)17-5-3-2-4-6-17;3-6-2-1-4-5-6/h2-6,11-14,20H,7-10H2,1H3;1-2H,3H2. The van der Waals surface area contributed by atoms with Crippen LogP contribution in [-0.4, -0.2) is 56.0 Å². The van der Waals surface area contributed by atoms with Gasteiger partial charge in [-0.1, -0.05) is 18.2 Å². The van der Waals surface area contributed by atoms with Gasteiger partial charge in [-0.2, -0.15) is 4.79 Å². The van der Waals surface area contributed by atoms with Crippen molar-refractivity contribution in [2.75, 3.05) is 36.9 Å². The van der Waals surface area contributed by atoms with Gasteiger partial charge < -0.3 is 16.1 Å². The van der Waals surface area contributed by atoms with Crippen LogP contribution >= 0.6 is 0 Å². The minimum atomic E-state index is 0.763. The van der Waals surface area contributed by atoms with Crippen molar-refractivity contribution >= 4 is 5.69 Å². The fraction of sp³-hybridized carbons (Fsp3) is 0.238. The average Bonchev–Trinajstić information content (AvgIpc) is 3.47. The maximum atomic E-state index is 5.02. The highest BCUT2D eigenvalue weighted by atomic mass is 15.5. The second-order valence-electron chi connectivity index (χ2n) is 7.03. The van der Waals surface area contributed by atoms with Crippen LogP contribution in [0.15, 0.2) is 67.3 Å². The van der Waals surface area contributed by atoms with Crippen molar-refractivity contribution in [2.45, 2.75) is 6.92 Å². The van der Waals surface area contributed by atoms with Crippen molar-refractivity contribution in [1.29, 1.82) is 0 Å². The van der Waals surface area contributed by atoms with E-state index in [1.807, 2.05) is 35.0 Å². The molecule has 2 aromatic carbocycles. The first-order chi connectivity index (χ1) is 14.7. The molecule has 4 aromatic rings. The minimum absolute atomic E-state index is 0.763. The third kappa shape index (κ3) is 4.81. The van der Waals surface area contributed by atoms with Crippen LogP contribution in [0.3, 0.4) is 0 Å². The van der Waals surface area contributed by atoms with Gasteiger partial charge in [-0.3, -0.25) is 0 Å². The number of rotatable bonds is 3. The van der Waals surface area contributed by atoms with E-state index in [1.165, 1.54) is 17.4 Å². The molecule has 0 aliphatic carbocycles. The zero-order valence-electron chi connectivity index (χ0n) is 16.9. The molecule has 9 heteroatoms. The van der Waals surface area contributed by atoms with Gasteiger partial charge >= 0.3 is 0 Å². The Labute approximate surface area is 175 Å². The lowest BCUT2D eigenvalue weighted by atomic mass is 10.1. The number of benzene rings is 2. The molecule has 0 atom stereocenters. The van der Waals surface area contributed by atoms with Crippen LogP contribution in [0.1, 0.15) is 5.56 Å². The molecule has 1 saturated heterocycles. The summed E-state index contributed by atoms with van der Waals surface area (Å²) in [6.45, 7) is 6.27. The number of hydrogen-bond donors (Lipinski definition) is 2. The SMILES string of the molecule is Cc1cc(-c2ncn(-c3ccccc3)n2)cc(N2CCNCC2)c1.Nn1ccnn1. The quantitative estimate of drug-likeness (QED) is 0.501. The summed E-state index contributed by atoms with van der Waals surface area (Å²) in [6.07, 6.45) is 4.84. The van der Waals surface area contributed by atoms with Crippen LogP contribution in [0.25, 0.3) is 17.1 Å². The van der Waals surface area contributed by atoms with E-state index in [0.717, 1.165) is 48.0 Å². The highest BCUT2D eigenvalue weighted by Gasteiger charge is 2.13. The van der Waals surface area contributed by atoms with Gasteiger partial charge in [0.2, 0.25) is 0 Å². The maximum absolute atomic E-state index is 5.02. The van der Waals surface area contributed by atoms with Crippen LogP contribution in [0, 0.1) is 6.92 Å². The topological polar surface area (TPSA) is 103 Å². The van der Waals surface area contributed by atoms with Crippen molar-refractivity contribution in [3.63, 3.8) is 0 Å². The second-order valence-corrected chi connectivity index (χ2v) is 7.03. The number of hydrogen-bond acceptors (Lipinski definition) is 7. The Balaban J connectivity index is 0.000000313. The summed E-state index contributed by atoms with van der Waals surface area (Å²) in [7, 11) is 0. The van der Waals surface area contributed by atoms with Gasteiger partial charge in [0.25, 0.3) is 0 Å². The van der Waals surface area contributed by atoms with E-state index in [0.29, 0.717) is 0 Å². The lowest BCUT2D eigenvalue weighted by molar-refractivity contribution is 0.589. The van der Waals surface area contributed by atoms with Gasteiger partial charge in [-0.15, -0.1) is 10.2 Å². The minimum Gasteiger partial charge on any atom is -0.369 e. The molecule has 154 valence electrons. The lowest BCUT2D eigenvalue weighted by Gasteiger charge is -2.30. The molecule has 2 aromatic heterocycles. The van der Waals surface area contributed by atoms with E-state index in [4.69, 9.17) is 5.84 Å². The van der Waals surface area contributed by atoms with Crippen LogP contribution in [0.4, 0.5) is 5.69 Å². The maximum Gasteiger partial charge on any atom is 0.181 e. The highest BCUT2D eigenvalue weighted by Crippen LogP contribution is 2.25. The Morgan fingerprint density at radius 3 is 2.47 bits per heavy atom. The molecule has 1 aliphatic rings. The van der Waals surface area contributed by atoms with Gasteiger partial charge in [0.15, 0.2) is 5.82 Å². The number of anilines is 1. The Kier molecular flexibility index (Phi) is 6.00. The molecule has 0 amide bonds. The number of nitrogens with zero attached hydrogens (tertiary/aromatic N) is 7. The number of nitrogen functional groups attached to an aromatic ring is 1. The van der Waals surface area contributed by atoms with Crippen LogP contribution in [-0.2, 0) is 0 Å². The molecule has 0 spiro atoms. The molecule has 0 bridgehead atoms. The summed E-state index contributed by atoms with van der Waals surface area (Å²) in [4.78, 5) is 8.07. The molecule has 0 unspecified atom stereocenters. The Morgan fingerprint density at radius 1 is 1.00 bits per heavy atom. The molecule has 0 saturated carbocycles. The first kappa shape index (κ1) is 19.6. The van der Waals surface area contributed by atoms with Gasteiger partial charge in [-0.25, -0.2) is 9.67 Å². The zero-order chi connectivity index (χ0) is 20.8. The summed E-state index contributed by atoms with van der Waals surface area (Å²) >= 11 is 0. The summed E-state index contributed by atoms with van der Waals surface area (Å²) in [5.41, 5.74) is 4.57. The third-order valence-corrected chi connectivity index (χ3v) is 4.76. The average molecular weight is 403 g/mol. The number of para-hydroxylation sites is 1. The molecule has 1 aliphatic heterocycles. The van der Waals surface area contributed by atoms with Crippen LogP contribution in [0.5, 0.6) is 0 Å². The molecule has 30 heavy (non-hydrogen) atoms. The lowest BCUT2D eigenvalue weighted by Crippen LogP contribution is -2.43. The number of piperazine rings is 1. The largest absolute Gasteiger partial charge is 0.369 e. The Bertz CT molecular complexity index is 1050. The first-order valence-corrected chi connectivity index (χ1v) is 9.85. The van der Waals surface area contributed by atoms with Gasteiger partial charge in [-0.05, 0) is 48.0 Å². The molecule has 5 rings (SSSR count).